The zero-order valence-corrected chi connectivity index (χ0v) is 19.2. The quantitative estimate of drug-likeness (QED) is 0.161. The van der Waals surface area contributed by atoms with Crippen molar-refractivity contribution in [2.75, 3.05) is 26.9 Å². The van der Waals surface area contributed by atoms with Gasteiger partial charge in [0.15, 0.2) is 0 Å². The van der Waals surface area contributed by atoms with E-state index in [0.29, 0.717) is 19.8 Å². The highest BCUT2D eigenvalue weighted by Crippen LogP contribution is 2.28. The summed E-state index contributed by atoms with van der Waals surface area (Å²) in [4.78, 5) is 4.68. The zero-order valence-electron chi connectivity index (χ0n) is 19.2. The number of allylic oxidation sites excluding steroid dienone is 1. The Morgan fingerprint density at radius 2 is 1.61 bits per heavy atom. The molecule has 0 aromatic heterocycles. The van der Waals surface area contributed by atoms with Gasteiger partial charge in [0.25, 0.3) is 0 Å². The molecule has 0 radical (unpaired) electrons. The number of unbranched alkanes of at least 4 members (excludes halogenated alkanes) is 2. The summed E-state index contributed by atoms with van der Waals surface area (Å²) in [6, 6.07) is 12.2. The van der Waals surface area contributed by atoms with Gasteiger partial charge in [0.2, 0.25) is 0 Å². The first-order valence-corrected chi connectivity index (χ1v) is 10.8. The van der Waals surface area contributed by atoms with Crippen molar-refractivity contribution in [2.45, 2.75) is 46.6 Å². The Labute approximate surface area is 186 Å². The predicted molar refractivity (Wildman–Crippen MR) is 126 cm³/mol. The lowest BCUT2D eigenvalue weighted by atomic mass is 10.1. The molecule has 0 aliphatic rings. The Morgan fingerprint density at radius 3 is 2.29 bits per heavy atom. The molecule has 0 bridgehead atoms. The van der Waals surface area contributed by atoms with E-state index < -0.39 is 0 Å². The van der Waals surface area contributed by atoms with Crippen LogP contribution in [0.1, 0.15) is 48.4 Å². The van der Waals surface area contributed by atoms with Gasteiger partial charge in [0.05, 0.1) is 19.4 Å². The van der Waals surface area contributed by atoms with E-state index in [4.69, 9.17) is 14.2 Å². The number of nitrogens with zero attached hydrogens (tertiary/aromatic N) is 1. The van der Waals surface area contributed by atoms with Crippen LogP contribution in [-0.2, 0) is 16.2 Å². The molecule has 0 aliphatic heterocycles. The number of aryl methyl sites for hydroxylation is 2. The van der Waals surface area contributed by atoms with Crippen LogP contribution in [0.15, 0.2) is 53.7 Å². The van der Waals surface area contributed by atoms with Crippen LogP contribution in [0.5, 0.6) is 11.5 Å². The lowest BCUT2D eigenvalue weighted by molar-refractivity contribution is 0.116. The van der Waals surface area contributed by atoms with Gasteiger partial charge in [0, 0.05) is 6.61 Å². The van der Waals surface area contributed by atoms with Crippen molar-refractivity contribution in [2.24, 2.45) is 5.16 Å². The highest BCUT2D eigenvalue weighted by atomic mass is 16.6. The van der Waals surface area contributed by atoms with Crippen molar-refractivity contribution in [1.29, 1.82) is 0 Å². The van der Waals surface area contributed by atoms with Crippen LogP contribution < -0.4 is 9.47 Å². The summed E-state index contributed by atoms with van der Waals surface area (Å²) in [7, 11) is 1.53. The third-order valence-electron chi connectivity index (χ3n) is 4.75. The van der Waals surface area contributed by atoms with Gasteiger partial charge in [-0.1, -0.05) is 41.6 Å². The normalized spacial score (nSPS) is 11.4. The van der Waals surface area contributed by atoms with Crippen LogP contribution >= 0.6 is 0 Å². The zero-order chi connectivity index (χ0) is 22.3. The number of benzene rings is 2. The summed E-state index contributed by atoms with van der Waals surface area (Å²) >= 11 is 0. The Morgan fingerprint density at radius 1 is 0.903 bits per heavy atom. The van der Waals surface area contributed by atoms with Crippen molar-refractivity contribution in [1.82, 2.24) is 0 Å². The minimum Gasteiger partial charge on any atom is -0.493 e. The second-order valence-electron chi connectivity index (χ2n) is 7.39. The van der Waals surface area contributed by atoms with Gasteiger partial charge < -0.3 is 19.0 Å². The molecule has 5 nitrogen and oxygen atoms in total. The molecule has 2 aromatic carbocycles. The number of ether oxygens (including phenoxy) is 3. The van der Waals surface area contributed by atoms with Gasteiger partial charge in [-0.15, -0.1) is 0 Å². The van der Waals surface area contributed by atoms with Crippen molar-refractivity contribution >= 4 is 6.21 Å². The first-order valence-electron chi connectivity index (χ1n) is 10.8. The van der Waals surface area contributed by atoms with Crippen LogP contribution in [0.4, 0.5) is 0 Å². The van der Waals surface area contributed by atoms with Gasteiger partial charge in [-0.05, 0) is 74.4 Å². The van der Waals surface area contributed by atoms with E-state index in [0.717, 1.165) is 59.6 Å². The molecule has 2 rings (SSSR count). The molecule has 2 aromatic rings. The molecule has 0 N–H and O–H groups in total. The summed E-state index contributed by atoms with van der Waals surface area (Å²) < 4.78 is 17.5. The van der Waals surface area contributed by atoms with E-state index >= 15 is 0 Å². The fraction of sp³-hybridized carbons (Fsp3) is 0.423. The summed E-state index contributed by atoms with van der Waals surface area (Å²) in [5.74, 6) is 1.85. The van der Waals surface area contributed by atoms with Gasteiger partial charge >= 0.3 is 0 Å². The molecule has 31 heavy (non-hydrogen) atoms. The van der Waals surface area contributed by atoms with Gasteiger partial charge in [-0.3, -0.25) is 0 Å². The molecule has 168 valence electrons. The standard InChI is InChI=1S/C26H35NO4/c1-5-6-15-30-25-17-21(2)26(22(3)18-25)31-16-9-7-8-14-29-20-24-12-10-23(11-13-24)19-27-28-4/h5-6,10-13,17-19H,7-9,14-16,20H2,1-4H3/b6-5+,27-19?. The molecule has 0 spiro atoms. The highest BCUT2D eigenvalue weighted by Gasteiger charge is 2.07. The molecule has 5 heteroatoms. The maximum absolute atomic E-state index is 6.03. The fourth-order valence-electron chi connectivity index (χ4n) is 3.12. The molecular formula is C26H35NO4. The fourth-order valence-corrected chi connectivity index (χ4v) is 3.12. The van der Waals surface area contributed by atoms with Crippen LogP contribution in [0.2, 0.25) is 0 Å². The second kappa shape index (κ2) is 14.3. The van der Waals surface area contributed by atoms with Gasteiger partial charge in [0.1, 0.15) is 25.2 Å². The Balaban J connectivity index is 1.60. The number of hydrogen-bond donors (Lipinski definition) is 0. The van der Waals surface area contributed by atoms with Crippen molar-refractivity contribution in [3.8, 4) is 11.5 Å². The summed E-state index contributed by atoms with van der Waals surface area (Å²) in [6.45, 7) is 8.80. The molecule has 0 heterocycles. The third-order valence-corrected chi connectivity index (χ3v) is 4.75. The molecule has 0 saturated heterocycles. The third kappa shape index (κ3) is 9.26. The second-order valence-corrected chi connectivity index (χ2v) is 7.39. The lowest BCUT2D eigenvalue weighted by Crippen LogP contribution is -2.03. The maximum Gasteiger partial charge on any atom is 0.125 e. The molecule has 0 fully saturated rings. The summed E-state index contributed by atoms with van der Waals surface area (Å²) in [5.41, 5.74) is 4.38. The summed E-state index contributed by atoms with van der Waals surface area (Å²) in [5, 5.41) is 3.75. The SMILES string of the molecule is C/C=C/COc1cc(C)c(OCCCCCOCc2ccc(C=NOC)cc2)c(C)c1. The maximum atomic E-state index is 6.03. The Bertz CT molecular complexity index is 805. The van der Waals surface area contributed by atoms with Crippen LogP contribution in [-0.4, -0.2) is 33.1 Å². The van der Waals surface area contributed by atoms with Crippen molar-refractivity contribution in [3.63, 3.8) is 0 Å². The molecule has 0 amide bonds. The molecule has 0 unspecified atom stereocenters. The Kier molecular flexibility index (Phi) is 11.3. The van der Waals surface area contributed by atoms with Crippen LogP contribution in [0.3, 0.4) is 0 Å². The minimum atomic E-state index is 0.589. The monoisotopic (exact) mass is 425 g/mol. The van der Waals surface area contributed by atoms with E-state index in [1.165, 1.54) is 7.11 Å². The number of oxime groups is 1. The van der Waals surface area contributed by atoms with Crippen molar-refractivity contribution in [3.05, 3.63) is 70.8 Å². The largest absolute Gasteiger partial charge is 0.493 e. The molecular weight excluding hydrogens is 390 g/mol. The van der Waals surface area contributed by atoms with E-state index in [2.05, 4.69) is 23.8 Å². The van der Waals surface area contributed by atoms with Gasteiger partial charge in [-0.2, -0.15) is 0 Å². The van der Waals surface area contributed by atoms with E-state index in [1.54, 1.807) is 6.21 Å². The average molecular weight is 426 g/mol. The highest BCUT2D eigenvalue weighted by molar-refractivity contribution is 5.79. The molecule has 0 aliphatic carbocycles. The van der Waals surface area contributed by atoms with E-state index in [-0.39, 0.29) is 0 Å². The lowest BCUT2D eigenvalue weighted by Gasteiger charge is -2.14. The predicted octanol–water partition coefficient (Wildman–Crippen LogP) is 6.00. The summed E-state index contributed by atoms with van der Waals surface area (Å²) in [6.07, 6.45) is 8.78. The first kappa shape index (κ1) is 24.5. The first-order chi connectivity index (χ1) is 15.1. The number of rotatable bonds is 14. The van der Waals surface area contributed by atoms with E-state index in [1.807, 2.05) is 55.5 Å². The van der Waals surface area contributed by atoms with Gasteiger partial charge in [-0.25, -0.2) is 0 Å². The minimum absolute atomic E-state index is 0.589. The van der Waals surface area contributed by atoms with E-state index in [9.17, 15) is 0 Å². The Hall–Kier alpha value is -2.79. The number of hydrogen-bond acceptors (Lipinski definition) is 5. The smallest absolute Gasteiger partial charge is 0.125 e. The average Bonchev–Trinajstić information content (AvgIpc) is 2.76. The van der Waals surface area contributed by atoms with Crippen molar-refractivity contribution < 1.29 is 19.0 Å². The molecule has 0 atom stereocenters. The van der Waals surface area contributed by atoms with Crippen LogP contribution in [0.25, 0.3) is 0 Å². The topological polar surface area (TPSA) is 49.3 Å². The van der Waals surface area contributed by atoms with Crippen LogP contribution in [0, 0.1) is 13.8 Å². The molecule has 0 saturated carbocycles.